The average Bonchev–Trinajstić information content (AvgIpc) is 3.43. The number of aryl methyl sites for hydroxylation is 1. The number of carbonyl (C=O) groups is 2. The fourth-order valence-electron chi connectivity index (χ4n) is 2.69. The Morgan fingerprint density at radius 3 is 2.69 bits per heavy atom. The summed E-state index contributed by atoms with van der Waals surface area (Å²) in [6, 6.07) is 11.7. The molecule has 0 aliphatic heterocycles. The Bertz CT molecular complexity index is 868. The number of thiazole rings is 1. The largest absolute Gasteiger partial charge is 0.451 e. The zero-order valence-corrected chi connectivity index (χ0v) is 15.4. The van der Waals surface area contributed by atoms with Crippen LogP contribution < -0.4 is 5.32 Å². The van der Waals surface area contributed by atoms with E-state index in [1.54, 1.807) is 13.8 Å². The molecule has 0 saturated heterocycles. The number of aromatic nitrogens is 1. The second-order valence-corrected chi connectivity index (χ2v) is 7.51. The van der Waals surface area contributed by atoms with Crippen molar-refractivity contribution < 1.29 is 14.3 Å². The molecule has 26 heavy (non-hydrogen) atoms. The Kier molecular flexibility index (Phi) is 5.05. The maximum Gasteiger partial charge on any atom is 0.350 e. The number of ether oxygens (including phenoxy) is 1. The molecule has 3 rings (SSSR count). The van der Waals surface area contributed by atoms with Gasteiger partial charge in [-0.1, -0.05) is 30.3 Å². The predicted molar refractivity (Wildman–Crippen MR) is 97.5 cm³/mol. The maximum atomic E-state index is 12.3. The highest BCUT2D eigenvalue weighted by molar-refractivity contribution is 7.17. The number of benzene rings is 1. The summed E-state index contributed by atoms with van der Waals surface area (Å²) < 4.78 is 5.12. The van der Waals surface area contributed by atoms with Crippen molar-refractivity contribution >= 4 is 23.2 Å². The Labute approximate surface area is 155 Å². The molecule has 1 N–H and O–H groups in total. The molecule has 0 unspecified atom stereocenters. The van der Waals surface area contributed by atoms with Gasteiger partial charge in [0.05, 0.1) is 11.8 Å². The number of nitrogens with zero attached hydrogens (tertiary/aromatic N) is 2. The molecule has 0 spiro atoms. The first-order valence-corrected chi connectivity index (χ1v) is 9.17. The van der Waals surface area contributed by atoms with E-state index in [1.807, 2.05) is 30.3 Å². The summed E-state index contributed by atoms with van der Waals surface area (Å²) >= 11 is 1.24. The molecule has 7 heteroatoms. The van der Waals surface area contributed by atoms with Crippen LogP contribution in [-0.4, -0.2) is 29.0 Å². The van der Waals surface area contributed by atoms with Crippen LogP contribution in [0, 0.1) is 24.2 Å². The first kappa shape index (κ1) is 18.1. The molecule has 1 fully saturated rings. The highest BCUT2D eigenvalue weighted by Gasteiger charge is 2.43. The summed E-state index contributed by atoms with van der Waals surface area (Å²) in [5.74, 6) is -0.883. The highest BCUT2D eigenvalue weighted by Crippen LogP contribution is 2.39. The molecule has 0 radical (unpaired) electrons. The van der Waals surface area contributed by atoms with E-state index in [9.17, 15) is 14.9 Å². The molecule has 1 saturated carbocycles. The van der Waals surface area contributed by atoms with E-state index in [2.05, 4.69) is 16.4 Å². The van der Waals surface area contributed by atoms with Gasteiger partial charge in [-0.05, 0) is 32.6 Å². The number of hydrogen-bond acceptors (Lipinski definition) is 6. The van der Waals surface area contributed by atoms with Gasteiger partial charge in [0.2, 0.25) is 0 Å². The lowest BCUT2D eigenvalue weighted by atomic mass is 9.98. The summed E-state index contributed by atoms with van der Waals surface area (Å²) in [6.45, 7) is 3.02. The standard InChI is InChI=1S/C19H19N3O3S/c1-12-16(26-17(21-12)13-6-4-3-5-7-13)18(24)25-10-15(23)22-19(2,11-20)14-8-9-14/h3-7,14H,8-10H2,1-2H3,(H,22,23)/t19-/m1/s1. The summed E-state index contributed by atoms with van der Waals surface area (Å²) in [5.41, 5.74) is 0.593. The summed E-state index contributed by atoms with van der Waals surface area (Å²) in [6.07, 6.45) is 1.85. The van der Waals surface area contributed by atoms with E-state index in [0.29, 0.717) is 10.6 Å². The van der Waals surface area contributed by atoms with Crippen molar-refractivity contribution in [3.05, 3.63) is 40.9 Å². The van der Waals surface area contributed by atoms with Crippen LogP contribution in [0.15, 0.2) is 30.3 Å². The molecule has 1 aliphatic rings. The molecule has 1 heterocycles. The van der Waals surface area contributed by atoms with Gasteiger partial charge in [0.25, 0.3) is 5.91 Å². The molecular formula is C19H19N3O3S. The van der Waals surface area contributed by atoms with E-state index in [-0.39, 0.29) is 5.92 Å². The molecule has 1 aromatic heterocycles. The zero-order chi connectivity index (χ0) is 18.7. The van der Waals surface area contributed by atoms with Gasteiger partial charge in [0, 0.05) is 5.56 Å². The van der Waals surface area contributed by atoms with Crippen LogP contribution in [0.4, 0.5) is 0 Å². The van der Waals surface area contributed by atoms with Crippen LogP contribution in [-0.2, 0) is 9.53 Å². The highest BCUT2D eigenvalue weighted by atomic mass is 32.1. The van der Waals surface area contributed by atoms with Crippen molar-refractivity contribution in [2.45, 2.75) is 32.2 Å². The number of hydrogen-bond donors (Lipinski definition) is 1. The van der Waals surface area contributed by atoms with Gasteiger partial charge in [0.15, 0.2) is 6.61 Å². The average molecular weight is 369 g/mol. The minimum Gasteiger partial charge on any atom is -0.451 e. The van der Waals surface area contributed by atoms with Crippen molar-refractivity contribution in [2.24, 2.45) is 5.92 Å². The SMILES string of the molecule is Cc1nc(-c2ccccc2)sc1C(=O)OCC(=O)N[C@](C)(C#N)C1CC1. The number of rotatable bonds is 6. The van der Waals surface area contributed by atoms with Gasteiger partial charge in [0.1, 0.15) is 15.4 Å². The van der Waals surface area contributed by atoms with E-state index < -0.39 is 24.0 Å². The Morgan fingerprint density at radius 1 is 1.38 bits per heavy atom. The number of carbonyl (C=O) groups excluding carboxylic acids is 2. The molecule has 2 aromatic rings. The Hall–Kier alpha value is -2.72. The molecule has 6 nitrogen and oxygen atoms in total. The molecule has 0 bridgehead atoms. The monoisotopic (exact) mass is 369 g/mol. The Balaban J connectivity index is 1.61. The molecule has 1 aliphatic carbocycles. The minimum absolute atomic E-state index is 0.171. The van der Waals surface area contributed by atoms with Crippen molar-refractivity contribution in [1.29, 1.82) is 5.26 Å². The molecule has 1 amide bonds. The minimum atomic E-state index is -0.898. The van der Waals surface area contributed by atoms with Crippen molar-refractivity contribution in [3.63, 3.8) is 0 Å². The lowest BCUT2D eigenvalue weighted by Gasteiger charge is -2.22. The third-order valence-electron chi connectivity index (χ3n) is 4.36. The van der Waals surface area contributed by atoms with E-state index in [4.69, 9.17) is 4.74 Å². The number of nitriles is 1. The normalized spacial score (nSPS) is 15.6. The molecule has 1 aromatic carbocycles. The number of nitrogens with one attached hydrogen (secondary N) is 1. The van der Waals surface area contributed by atoms with E-state index in [0.717, 1.165) is 23.4 Å². The summed E-state index contributed by atoms with van der Waals surface area (Å²) in [5, 5.41) is 12.7. The molecular weight excluding hydrogens is 350 g/mol. The predicted octanol–water partition coefficient (Wildman–Crippen LogP) is 3.08. The van der Waals surface area contributed by atoms with E-state index >= 15 is 0 Å². The first-order valence-electron chi connectivity index (χ1n) is 8.35. The molecule has 1 atom stereocenters. The van der Waals surface area contributed by atoms with Crippen LogP contribution in [0.1, 0.15) is 35.1 Å². The van der Waals surface area contributed by atoms with Gasteiger partial charge in [-0.3, -0.25) is 4.79 Å². The van der Waals surface area contributed by atoms with Gasteiger partial charge >= 0.3 is 5.97 Å². The van der Waals surface area contributed by atoms with Crippen LogP contribution in [0.25, 0.3) is 10.6 Å². The van der Waals surface area contributed by atoms with Gasteiger partial charge < -0.3 is 10.1 Å². The summed E-state index contributed by atoms with van der Waals surface area (Å²) in [4.78, 5) is 29.1. The lowest BCUT2D eigenvalue weighted by Crippen LogP contribution is -2.48. The number of amides is 1. The van der Waals surface area contributed by atoms with Crippen molar-refractivity contribution in [1.82, 2.24) is 10.3 Å². The van der Waals surface area contributed by atoms with Gasteiger partial charge in [-0.25, -0.2) is 9.78 Å². The maximum absolute atomic E-state index is 12.3. The number of esters is 1. The van der Waals surface area contributed by atoms with Crippen LogP contribution in [0.5, 0.6) is 0 Å². The first-order chi connectivity index (χ1) is 12.4. The summed E-state index contributed by atoms with van der Waals surface area (Å²) in [7, 11) is 0. The van der Waals surface area contributed by atoms with E-state index in [1.165, 1.54) is 11.3 Å². The fraction of sp³-hybridized carbons (Fsp3) is 0.368. The van der Waals surface area contributed by atoms with Crippen LogP contribution in [0.3, 0.4) is 0 Å². The van der Waals surface area contributed by atoms with Gasteiger partial charge in [-0.15, -0.1) is 11.3 Å². The third-order valence-corrected chi connectivity index (χ3v) is 5.55. The third kappa shape index (κ3) is 3.92. The van der Waals surface area contributed by atoms with Gasteiger partial charge in [-0.2, -0.15) is 5.26 Å². The Morgan fingerprint density at radius 2 is 2.08 bits per heavy atom. The van der Waals surface area contributed by atoms with Crippen molar-refractivity contribution in [2.75, 3.05) is 6.61 Å². The molecule has 134 valence electrons. The second-order valence-electron chi connectivity index (χ2n) is 6.51. The topological polar surface area (TPSA) is 92.1 Å². The second kappa shape index (κ2) is 7.26. The smallest absolute Gasteiger partial charge is 0.350 e. The van der Waals surface area contributed by atoms with Crippen molar-refractivity contribution in [3.8, 4) is 16.6 Å². The van der Waals surface area contributed by atoms with Crippen LogP contribution >= 0.6 is 11.3 Å². The van der Waals surface area contributed by atoms with Crippen LogP contribution in [0.2, 0.25) is 0 Å². The quantitative estimate of drug-likeness (QED) is 0.790. The lowest BCUT2D eigenvalue weighted by molar-refractivity contribution is -0.125. The zero-order valence-electron chi connectivity index (χ0n) is 14.6. The fourth-order valence-corrected chi connectivity index (χ4v) is 3.66.